The molecule has 0 fully saturated rings. The van der Waals surface area contributed by atoms with Gasteiger partial charge in [-0.15, -0.1) is 10.2 Å². The van der Waals surface area contributed by atoms with E-state index in [1.807, 2.05) is 17.1 Å². The minimum Gasteiger partial charge on any atom is -0.326 e. The standard InChI is InChI=1S/C11H18N6/c1-3-12-5-10-6-13-8-17(10)7-11-15-14-9-16(11)4-2/h6,8-9,12H,3-5,7H2,1-2H3. The highest BCUT2D eigenvalue weighted by atomic mass is 15.3. The second-order valence-electron chi connectivity index (χ2n) is 3.83. The predicted octanol–water partition coefficient (Wildman–Crippen LogP) is 0.652. The van der Waals surface area contributed by atoms with Gasteiger partial charge in [-0.3, -0.25) is 0 Å². The van der Waals surface area contributed by atoms with Crippen molar-refractivity contribution in [1.82, 2.24) is 29.6 Å². The summed E-state index contributed by atoms with van der Waals surface area (Å²) in [7, 11) is 0. The normalized spacial score (nSPS) is 10.9. The number of aromatic nitrogens is 5. The third kappa shape index (κ3) is 2.71. The number of nitrogens with zero attached hydrogens (tertiary/aromatic N) is 5. The largest absolute Gasteiger partial charge is 0.326 e. The maximum Gasteiger partial charge on any atom is 0.152 e. The molecular weight excluding hydrogens is 216 g/mol. The van der Waals surface area contributed by atoms with Gasteiger partial charge in [-0.1, -0.05) is 6.92 Å². The summed E-state index contributed by atoms with van der Waals surface area (Å²) in [5.74, 6) is 0.961. The molecule has 17 heavy (non-hydrogen) atoms. The van der Waals surface area contributed by atoms with Gasteiger partial charge in [-0.2, -0.15) is 0 Å². The minimum absolute atomic E-state index is 0.717. The topological polar surface area (TPSA) is 60.6 Å². The van der Waals surface area contributed by atoms with Crippen LogP contribution in [-0.4, -0.2) is 30.9 Å². The molecule has 92 valence electrons. The van der Waals surface area contributed by atoms with E-state index in [0.717, 1.165) is 31.2 Å². The van der Waals surface area contributed by atoms with E-state index in [1.165, 1.54) is 0 Å². The highest BCUT2D eigenvalue weighted by molar-refractivity contribution is 5.01. The summed E-state index contributed by atoms with van der Waals surface area (Å²) in [5.41, 5.74) is 1.16. The Hall–Kier alpha value is -1.69. The first-order chi connectivity index (χ1) is 8.35. The Labute approximate surface area is 101 Å². The third-order valence-electron chi connectivity index (χ3n) is 2.70. The molecule has 2 rings (SSSR count). The fourth-order valence-electron chi connectivity index (χ4n) is 1.71. The van der Waals surface area contributed by atoms with Crippen LogP contribution in [0.3, 0.4) is 0 Å². The van der Waals surface area contributed by atoms with E-state index in [0.29, 0.717) is 6.54 Å². The molecule has 0 aliphatic heterocycles. The van der Waals surface area contributed by atoms with Crippen molar-refractivity contribution in [2.45, 2.75) is 33.5 Å². The maximum atomic E-state index is 4.18. The van der Waals surface area contributed by atoms with Crippen LogP contribution in [0.15, 0.2) is 18.9 Å². The van der Waals surface area contributed by atoms with Gasteiger partial charge < -0.3 is 14.5 Å². The molecule has 2 aromatic heterocycles. The van der Waals surface area contributed by atoms with Gasteiger partial charge in [-0.05, 0) is 13.5 Å². The average Bonchev–Trinajstić information content (AvgIpc) is 2.96. The molecule has 0 radical (unpaired) electrons. The van der Waals surface area contributed by atoms with Crippen LogP contribution in [0.1, 0.15) is 25.4 Å². The zero-order valence-electron chi connectivity index (χ0n) is 10.3. The second kappa shape index (κ2) is 5.58. The zero-order chi connectivity index (χ0) is 12.1. The molecule has 1 N–H and O–H groups in total. The van der Waals surface area contributed by atoms with Crippen LogP contribution >= 0.6 is 0 Å². The van der Waals surface area contributed by atoms with Crippen molar-refractivity contribution in [3.05, 3.63) is 30.4 Å². The van der Waals surface area contributed by atoms with Gasteiger partial charge in [0.15, 0.2) is 5.82 Å². The number of imidazole rings is 1. The van der Waals surface area contributed by atoms with Crippen molar-refractivity contribution in [1.29, 1.82) is 0 Å². The van der Waals surface area contributed by atoms with E-state index in [1.54, 1.807) is 6.33 Å². The summed E-state index contributed by atoms with van der Waals surface area (Å²) in [6.07, 6.45) is 5.48. The number of nitrogens with one attached hydrogen (secondary N) is 1. The second-order valence-corrected chi connectivity index (χ2v) is 3.83. The summed E-state index contributed by atoms with van der Waals surface area (Å²) >= 11 is 0. The first-order valence-electron chi connectivity index (χ1n) is 5.91. The lowest BCUT2D eigenvalue weighted by atomic mass is 10.4. The van der Waals surface area contributed by atoms with Gasteiger partial charge in [-0.25, -0.2) is 4.98 Å². The summed E-state index contributed by atoms with van der Waals surface area (Å²) in [4.78, 5) is 4.18. The van der Waals surface area contributed by atoms with Crippen molar-refractivity contribution in [2.24, 2.45) is 0 Å². The number of hydrogen-bond acceptors (Lipinski definition) is 4. The molecule has 0 aliphatic rings. The average molecular weight is 234 g/mol. The lowest BCUT2D eigenvalue weighted by Gasteiger charge is -2.08. The number of rotatable bonds is 6. The van der Waals surface area contributed by atoms with E-state index in [-0.39, 0.29) is 0 Å². The Bertz CT molecular complexity index is 458. The molecular formula is C11H18N6. The van der Waals surface area contributed by atoms with Crippen LogP contribution in [0.4, 0.5) is 0 Å². The fourth-order valence-corrected chi connectivity index (χ4v) is 1.71. The molecule has 6 nitrogen and oxygen atoms in total. The van der Waals surface area contributed by atoms with Gasteiger partial charge in [0, 0.05) is 19.3 Å². The SMILES string of the molecule is CCNCc1cncn1Cc1nncn1CC. The summed E-state index contributed by atoms with van der Waals surface area (Å²) in [6.45, 7) is 7.57. The van der Waals surface area contributed by atoms with E-state index in [2.05, 4.69) is 38.9 Å². The van der Waals surface area contributed by atoms with Crippen LogP contribution in [0.2, 0.25) is 0 Å². The molecule has 0 unspecified atom stereocenters. The maximum absolute atomic E-state index is 4.18. The first-order valence-corrected chi connectivity index (χ1v) is 5.91. The Morgan fingerprint density at radius 1 is 1.24 bits per heavy atom. The van der Waals surface area contributed by atoms with E-state index in [9.17, 15) is 0 Å². The van der Waals surface area contributed by atoms with Crippen molar-refractivity contribution in [3.8, 4) is 0 Å². The molecule has 0 bridgehead atoms. The lowest BCUT2D eigenvalue weighted by molar-refractivity contribution is 0.612. The smallest absolute Gasteiger partial charge is 0.152 e. The summed E-state index contributed by atoms with van der Waals surface area (Å²) in [6, 6.07) is 0. The van der Waals surface area contributed by atoms with Crippen LogP contribution in [0, 0.1) is 0 Å². The van der Waals surface area contributed by atoms with Gasteiger partial charge in [0.05, 0.1) is 18.6 Å². The highest BCUT2D eigenvalue weighted by Gasteiger charge is 2.06. The first kappa shape index (κ1) is 11.8. The quantitative estimate of drug-likeness (QED) is 0.797. The van der Waals surface area contributed by atoms with Crippen LogP contribution in [-0.2, 0) is 19.6 Å². The molecule has 0 atom stereocenters. The highest BCUT2D eigenvalue weighted by Crippen LogP contribution is 2.04. The predicted molar refractivity (Wildman–Crippen MR) is 64.4 cm³/mol. The molecule has 0 aromatic carbocycles. The molecule has 2 heterocycles. The Balaban J connectivity index is 2.10. The van der Waals surface area contributed by atoms with E-state index >= 15 is 0 Å². The van der Waals surface area contributed by atoms with Crippen LogP contribution in [0.25, 0.3) is 0 Å². The van der Waals surface area contributed by atoms with Gasteiger partial charge in [0.25, 0.3) is 0 Å². The summed E-state index contributed by atoms with van der Waals surface area (Å²) < 4.78 is 4.13. The lowest BCUT2D eigenvalue weighted by Crippen LogP contribution is -2.16. The van der Waals surface area contributed by atoms with Crippen molar-refractivity contribution in [2.75, 3.05) is 6.54 Å². The molecule has 0 saturated carbocycles. The van der Waals surface area contributed by atoms with Crippen LogP contribution < -0.4 is 5.32 Å². The Morgan fingerprint density at radius 3 is 2.88 bits per heavy atom. The molecule has 0 amide bonds. The number of hydrogen-bond donors (Lipinski definition) is 1. The molecule has 0 spiro atoms. The van der Waals surface area contributed by atoms with Crippen molar-refractivity contribution < 1.29 is 0 Å². The minimum atomic E-state index is 0.717. The monoisotopic (exact) mass is 234 g/mol. The molecule has 0 aliphatic carbocycles. The van der Waals surface area contributed by atoms with Gasteiger partial charge in [0.1, 0.15) is 6.33 Å². The van der Waals surface area contributed by atoms with E-state index < -0.39 is 0 Å². The van der Waals surface area contributed by atoms with E-state index in [4.69, 9.17) is 0 Å². The zero-order valence-corrected chi connectivity index (χ0v) is 10.3. The van der Waals surface area contributed by atoms with Crippen molar-refractivity contribution in [3.63, 3.8) is 0 Å². The molecule has 0 saturated heterocycles. The molecule has 6 heteroatoms. The summed E-state index contributed by atoms with van der Waals surface area (Å²) in [5, 5.41) is 11.4. The Kier molecular flexibility index (Phi) is 3.87. The third-order valence-corrected chi connectivity index (χ3v) is 2.70. The fraction of sp³-hybridized carbons (Fsp3) is 0.545. The van der Waals surface area contributed by atoms with Gasteiger partial charge in [0.2, 0.25) is 0 Å². The number of aryl methyl sites for hydroxylation is 1. The van der Waals surface area contributed by atoms with Crippen molar-refractivity contribution >= 4 is 0 Å². The Morgan fingerprint density at radius 2 is 2.12 bits per heavy atom. The van der Waals surface area contributed by atoms with Crippen LogP contribution in [0.5, 0.6) is 0 Å². The van der Waals surface area contributed by atoms with Gasteiger partial charge >= 0.3 is 0 Å². The molecule has 2 aromatic rings.